The second kappa shape index (κ2) is 1.73. The van der Waals surface area contributed by atoms with Crippen LogP contribution in [-0.2, 0) is 0 Å². The summed E-state index contributed by atoms with van der Waals surface area (Å²) >= 11 is 0. The van der Waals surface area contributed by atoms with E-state index >= 15 is 0 Å². The van der Waals surface area contributed by atoms with Crippen LogP contribution in [0.2, 0.25) is 0 Å². The molecular formula is C7H13N. The maximum Gasteiger partial charge on any atom is 0.0224 e. The SMILES string of the molecule is C1CC[C@@H]2N[C@H]2CC1. The number of nitrogens with one attached hydrogen (secondary N) is 1. The second-order valence-electron chi connectivity index (χ2n) is 3.02. The Balaban J connectivity index is 1.89. The van der Waals surface area contributed by atoms with Crippen molar-refractivity contribution in [1.82, 2.24) is 5.32 Å². The van der Waals surface area contributed by atoms with Gasteiger partial charge in [-0.1, -0.05) is 19.3 Å². The molecular weight excluding hydrogens is 98.1 g/mol. The predicted molar refractivity (Wildman–Crippen MR) is 33.8 cm³/mol. The van der Waals surface area contributed by atoms with Crippen LogP contribution in [0.25, 0.3) is 0 Å². The zero-order valence-corrected chi connectivity index (χ0v) is 5.19. The largest absolute Gasteiger partial charge is 0.308 e. The van der Waals surface area contributed by atoms with Gasteiger partial charge in [-0.3, -0.25) is 0 Å². The van der Waals surface area contributed by atoms with E-state index in [0.29, 0.717) is 0 Å². The summed E-state index contributed by atoms with van der Waals surface area (Å²) in [6.45, 7) is 0. The maximum absolute atomic E-state index is 3.47. The van der Waals surface area contributed by atoms with E-state index in [1.165, 1.54) is 32.1 Å². The minimum atomic E-state index is 0.942. The third-order valence-electron chi connectivity index (χ3n) is 2.33. The first-order chi connectivity index (χ1) is 3.97. The van der Waals surface area contributed by atoms with Crippen LogP contribution in [0.1, 0.15) is 32.1 Å². The fraction of sp³-hybridized carbons (Fsp3) is 1.00. The Morgan fingerprint density at radius 1 is 0.875 bits per heavy atom. The lowest BCUT2D eigenvalue weighted by molar-refractivity contribution is 0.650. The van der Waals surface area contributed by atoms with Crippen molar-refractivity contribution >= 4 is 0 Å². The highest BCUT2D eigenvalue weighted by Crippen LogP contribution is 2.26. The Hall–Kier alpha value is -0.0400. The van der Waals surface area contributed by atoms with Crippen LogP contribution in [0, 0.1) is 0 Å². The van der Waals surface area contributed by atoms with Gasteiger partial charge in [-0.15, -0.1) is 0 Å². The lowest BCUT2D eigenvalue weighted by Gasteiger charge is -1.91. The van der Waals surface area contributed by atoms with E-state index in [9.17, 15) is 0 Å². The molecule has 0 aromatic rings. The highest BCUT2D eigenvalue weighted by atomic mass is 15.1. The van der Waals surface area contributed by atoms with Gasteiger partial charge in [0.15, 0.2) is 0 Å². The highest BCUT2D eigenvalue weighted by molar-refractivity contribution is 4.98. The molecule has 2 aliphatic rings. The highest BCUT2D eigenvalue weighted by Gasteiger charge is 2.35. The van der Waals surface area contributed by atoms with Crippen molar-refractivity contribution in [3.05, 3.63) is 0 Å². The third-order valence-corrected chi connectivity index (χ3v) is 2.33. The molecule has 2 atom stereocenters. The summed E-state index contributed by atoms with van der Waals surface area (Å²) < 4.78 is 0. The number of hydrogen-bond acceptors (Lipinski definition) is 1. The predicted octanol–water partition coefficient (Wildman–Crippen LogP) is 1.29. The summed E-state index contributed by atoms with van der Waals surface area (Å²) in [5, 5.41) is 3.47. The molecule has 0 unspecified atom stereocenters. The number of hydrogen-bond donors (Lipinski definition) is 1. The van der Waals surface area contributed by atoms with Crippen molar-refractivity contribution in [1.29, 1.82) is 0 Å². The first-order valence-corrected chi connectivity index (χ1v) is 3.73. The van der Waals surface area contributed by atoms with Gasteiger partial charge in [-0.05, 0) is 12.8 Å². The van der Waals surface area contributed by atoms with Crippen LogP contribution in [0.5, 0.6) is 0 Å². The number of rotatable bonds is 0. The van der Waals surface area contributed by atoms with Crippen LogP contribution in [0.15, 0.2) is 0 Å². The van der Waals surface area contributed by atoms with Gasteiger partial charge in [0, 0.05) is 12.1 Å². The molecule has 1 aliphatic heterocycles. The van der Waals surface area contributed by atoms with Gasteiger partial charge in [0.2, 0.25) is 0 Å². The molecule has 1 N–H and O–H groups in total. The van der Waals surface area contributed by atoms with Crippen LogP contribution in [-0.4, -0.2) is 12.1 Å². The molecule has 46 valence electrons. The summed E-state index contributed by atoms with van der Waals surface area (Å²) in [7, 11) is 0. The topological polar surface area (TPSA) is 21.9 Å². The monoisotopic (exact) mass is 111 g/mol. The Morgan fingerprint density at radius 2 is 1.50 bits per heavy atom. The lowest BCUT2D eigenvalue weighted by Crippen LogP contribution is -1.87. The second-order valence-corrected chi connectivity index (χ2v) is 3.02. The zero-order valence-electron chi connectivity index (χ0n) is 5.19. The van der Waals surface area contributed by atoms with Crippen molar-refractivity contribution < 1.29 is 0 Å². The average molecular weight is 111 g/mol. The van der Waals surface area contributed by atoms with Crippen LogP contribution in [0.4, 0.5) is 0 Å². The minimum absolute atomic E-state index is 0.942. The van der Waals surface area contributed by atoms with E-state index in [2.05, 4.69) is 5.32 Å². The molecule has 0 spiro atoms. The molecule has 0 amide bonds. The molecule has 2 rings (SSSR count). The van der Waals surface area contributed by atoms with E-state index in [0.717, 1.165) is 12.1 Å². The molecule has 0 radical (unpaired) electrons. The first kappa shape index (κ1) is 4.80. The van der Waals surface area contributed by atoms with Crippen molar-refractivity contribution in [2.24, 2.45) is 0 Å². The zero-order chi connectivity index (χ0) is 5.40. The summed E-state index contributed by atoms with van der Waals surface area (Å²) in [5.41, 5.74) is 0. The molecule has 1 aliphatic carbocycles. The van der Waals surface area contributed by atoms with Crippen molar-refractivity contribution in [3.63, 3.8) is 0 Å². The molecule has 1 saturated carbocycles. The van der Waals surface area contributed by atoms with Crippen LogP contribution >= 0.6 is 0 Å². The van der Waals surface area contributed by atoms with Crippen LogP contribution in [0.3, 0.4) is 0 Å². The van der Waals surface area contributed by atoms with E-state index in [-0.39, 0.29) is 0 Å². The van der Waals surface area contributed by atoms with Crippen LogP contribution < -0.4 is 5.32 Å². The molecule has 1 heterocycles. The summed E-state index contributed by atoms with van der Waals surface area (Å²) in [5.74, 6) is 0. The molecule has 0 bridgehead atoms. The Morgan fingerprint density at radius 3 is 2.12 bits per heavy atom. The van der Waals surface area contributed by atoms with Gasteiger partial charge in [0.05, 0.1) is 0 Å². The van der Waals surface area contributed by atoms with Crippen molar-refractivity contribution in [2.75, 3.05) is 0 Å². The first-order valence-electron chi connectivity index (χ1n) is 3.73. The van der Waals surface area contributed by atoms with Gasteiger partial charge in [-0.25, -0.2) is 0 Å². The average Bonchev–Trinajstić information content (AvgIpc) is 2.36. The standard InChI is InChI=1S/C7H13N/c1-2-4-6-7(8-6)5-3-1/h6-8H,1-5H2/t6-,7-/m0/s1. The smallest absolute Gasteiger partial charge is 0.0224 e. The quantitative estimate of drug-likeness (QED) is 0.467. The number of fused-ring (bicyclic) bond motifs is 1. The van der Waals surface area contributed by atoms with Crippen molar-refractivity contribution in [2.45, 2.75) is 44.2 Å². The van der Waals surface area contributed by atoms with Crippen molar-refractivity contribution in [3.8, 4) is 0 Å². The summed E-state index contributed by atoms with van der Waals surface area (Å²) in [6.07, 6.45) is 7.31. The molecule has 8 heavy (non-hydrogen) atoms. The molecule has 1 nitrogen and oxygen atoms in total. The third kappa shape index (κ3) is 0.752. The van der Waals surface area contributed by atoms with E-state index in [1.54, 1.807) is 0 Å². The molecule has 0 aromatic carbocycles. The summed E-state index contributed by atoms with van der Waals surface area (Å²) in [4.78, 5) is 0. The molecule has 2 fully saturated rings. The Bertz CT molecular complexity index is 80.4. The fourth-order valence-electron chi connectivity index (χ4n) is 1.69. The Labute approximate surface area is 50.5 Å². The van der Waals surface area contributed by atoms with Gasteiger partial charge >= 0.3 is 0 Å². The van der Waals surface area contributed by atoms with Gasteiger partial charge in [-0.2, -0.15) is 0 Å². The lowest BCUT2D eigenvalue weighted by atomic mass is 10.2. The van der Waals surface area contributed by atoms with E-state index < -0.39 is 0 Å². The summed E-state index contributed by atoms with van der Waals surface area (Å²) in [6, 6.07) is 1.88. The van der Waals surface area contributed by atoms with E-state index in [1.807, 2.05) is 0 Å². The van der Waals surface area contributed by atoms with Gasteiger partial charge in [0.1, 0.15) is 0 Å². The molecule has 0 aromatic heterocycles. The van der Waals surface area contributed by atoms with Gasteiger partial charge in [0.25, 0.3) is 0 Å². The molecule has 1 heteroatoms. The normalized spacial score (nSPS) is 45.0. The maximum atomic E-state index is 3.47. The van der Waals surface area contributed by atoms with Gasteiger partial charge < -0.3 is 5.32 Å². The minimum Gasteiger partial charge on any atom is -0.308 e. The Kier molecular flexibility index (Phi) is 1.04. The molecule has 1 saturated heterocycles. The van der Waals surface area contributed by atoms with E-state index in [4.69, 9.17) is 0 Å². The fourth-order valence-corrected chi connectivity index (χ4v) is 1.69.